The Morgan fingerprint density at radius 3 is 2.64 bits per heavy atom. The van der Waals surface area contributed by atoms with Gasteiger partial charge in [0.25, 0.3) is 0 Å². The summed E-state index contributed by atoms with van der Waals surface area (Å²) >= 11 is 0. The Kier molecular flexibility index (Phi) is 5.80. The lowest BCUT2D eigenvalue weighted by Gasteiger charge is -2.31. The molecule has 122 valence electrons. The van der Waals surface area contributed by atoms with Crippen LogP contribution in [0.2, 0.25) is 0 Å². The maximum atomic E-state index is 12.5. The van der Waals surface area contributed by atoms with E-state index in [4.69, 9.17) is 9.47 Å². The molecule has 2 atom stereocenters. The number of morpholine rings is 1. The van der Waals surface area contributed by atoms with Crippen molar-refractivity contribution in [3.05, 3.63) is 29.3 Å². The topological polar surface area (TPSA) is 50.8 Å². The first-order chi connectivity index (χ1) is 10.5. The first-order valence-corrected chi connectivity index (χ1v) is 7.80. The molecule has 5 heteroatoms. The molecule has 1 heterocycles. The van der Waals surface area contributed by atoms with Gasteiger partial charge in [0.15, 0.2) is 0 Å². The molecule has 1 N–H and O–H groups in total. The normalized spacial score (nSPS) is 17.9. The van der Waals surface area contributed by atoms with E-state index in [0.29, 0.717) is 26.3 Å². The van der Waals surface area contributed by atoms with Gasteiger partial charge in [-0.15, -0.1) is 0 Å². The van der Waals surface area contributed by atoms with Crippen LogP contribution < -0.4 is 10.1 Å². The highest BCUT2D eigenvalue weighted by Gasteiger charge is 2.24. The molecule has 2 rings (SSSR count). The van der Waals surface area contributed by atoms with E-state index in [1.54, 1.807) is 7.11 Å². The quantitative estimate of drug-likeness (QED) is 0.903. The molecule has 1 amide bonds. The Balaban J connectivity index is 2.02. The molecule has 1 aromatic rings. The van der Waals surface area contributed by atoms with E-state index < -0.39 is 0 Å². The lowest BCUT2D eigenvalue weighted by atomic mass is 10.0. The molecule has 0 aromatic heterocycles. The monoisotopic (exact) mass is 306 g/mol. The third-order valence-electron chi connectivity index (χ3n) is 4.04. The maximum absolute atomic E-state index is 12.5. The van der Waals surface area contributed by atoms with E-state index in [9.17, 15) is 4.79 Å². The number of nitrogens with zero attached hydrogens (tertiary/aromatic N) is 1. The highest BCUT2D eigenvalue weighted by molar-refractivity contribution is 5.81. The average Bonchev–Trinajstić information content (AvgIpc) is 2.54. The molecule has 5 nitrogen and oxygen atoms in total. The van der Waals surface area contributed by atoms with Crippen LogP contribution in [0.1, 0.15) is 31.0 Å². The van der Waals surface area contributed by atoms with Crippen molar-refractivity contribution in [1.82, 2.24) is 10.2 Å². The molecular formula is C17H26N2O3. The van der Waals surface area contributed by atoms with Crippen molar-refractivity contribution in [3.63, 3.8) is 0 Å². The number of benzene rings is 1. The number of amides is 1. The molecule has 1 aliphatic rings. The van der Waals surface area contributed by atoms with Gasteiger partial charge in [0.2, 0.25) is 5.91 Å². The zero-order chi connectivity index (χ0) is 16.1. The first kappa shape index (κ1) is 16.8. The summed E-state index contributed by atoms with van der Waals surface area (Å²) in [6.07, 6.45) is 0. The number of ether oxygens (including phenoxy) is 2. The van der Waals surface area contributed by atoms with Gasteiger partial charge in [0.05, 0.1) is 26.4 Å². The molecule has 0 unspecified atom stereocenters. The number of rotatable bonds is 5. The lowest BCUT2D eigenvalue weighted by molar-refractivity contribution is -0.137. The standard InChI is InChI=1S/C17H26N2O3/c1-12-5-6-16(21-4)15(11-12)13(2)18-14(3)17(20)19-7-9-22-10-8-19/h5-6,11,13-14,18H,7-10H2,1-4H3/t13-,14-/m1/s1. The summed E-state index contributed by atoms with van der Waals surface area (Å²) in [5, 5.41) is 3.38. The molecule has 0 aliphatic carbocycles. The number of aryl methyl sites for hydroxylation is 1. The highest BCUT2D eigenvalue weighted by Crippen LogP contribution is 2.26. The molecule has 0 spiro atoms. The zero-order valence-corrected chi connectivity index (χ0v) is 13.9. The predicted molar refractivity (Wildman–Crippen MR) is 86.1 cm³/mol. The van der Waals surface area contributed by atoms with Crippen molar-refractivity contribution in [3.8, 4) is 5.75 Å². The van der Waals surface area contributed by atoms with Gasteiger partial charge in [0, 0.05) is 24.7 Å². The van der Waals surface area contributed by atoms with Crippen LogP contribution in [-0.4, -0.2) is 50.3 Å². The Morgan fingerprint density at radius 2 is 2.00 bits per heavy atom. The third-order valence-corrected chi connectivity index (χ3v) is 4.04. The zero-order valence-electron chi connectivity index (χ0n) is 13.9. The molecule has 1 aromatic carbocycles. The molecule has 0 bridgehead atoms. The van der Waals surface area contributed by atoms with Crippen LogP contribution in [0.4, 0.5) is 0 Å². The second-order valence-electron chi connectivity index (χ2n) is 5.79. The highest BCUT2D eigenvalue weighted by atomic mass is 16.5. The largest absolute Gasteiger partial charge is 0.496 e. The van der Waals surface area contributed by atoms with Crippen LogP contribution in [0.15, 0.2) is 18.2 Å². The Hall–Kier alpha value is -1.59. The number of nitrogens with one attached hydrogen (secondary N) is 1. The minimum absolute atomic E-state index is 0.0369. The summed E-state index contributed by atoms with van der Waals surface area (Å²) in [4.78, 5) is 14.3. The summed E-state index contributed by atoms with van der Waals surface area (Å²) in [5.41, 5.74) is 2.25. The van der Waals surface area contributed by atoms with Crippen LogP contribution >= 0.6 is 0 Å². The van der Waals surface area contributed by atoms with Crippen LogP contribution in [-0.2, 0) is 9.53 Å². The van der Waals surface area contributed by atoms with Crippen molar-refractivity contribution in [2.45, 2.75) is 32.9 Å². The first-order valence-electron chi connectivity index (χ1n) is 7.80. The fourth-order valence-corrected chi connectivity index (χ4v) is 2.79. The molecule has 1 aliphatic heterocycles. The van der Waals surface area contributed by atoms with Crippen molar-refractivity contribution in [1.29, 1.82) is 0 Å². The Morgan fingerprint density at radius 1 is 1.32 bits per heavy atom. The van der Waals surface area contributed by atoms with Crippen LogP contribution in [0, 0.1) is 6.92 Å². The van der Waals surface area contributed by atoms with Crippen LogP contribution in [0.25, 0.3) is 0 Å². The SMILES string of the molecule is COc1ccc(C)cc1[C@@H](C)N[C@H](C)C(=O)N1CCOCC1. The fourth-order valence-electron chi connectivity index (χ4n) is 2.79. The van der Waals surface area contributed by atoms with Gasteiger partial charge in [-0.3, -0.25) is 10.1 Å². The number of hydrogen-bond acceptors (Lipinski definition) is 4. The van der Waals surface area contributed by atoms with Gasteiger partial charge < -0.3 is 14.4 Å². The molecule has 0 saturated carbocycles. The van der Waals surface area contributed by atoms with E-state index in [0.717, 1.165) is 11.3 Å². The van der Waals surface area contributed by atoms with Gasteiger partial charge in [-0.25, -0.2) is 0 Å². The number of methoxy groups -OCH3 is 1. The summed E-state index contributed by atoms with van der Waals surface area (Å²) in [6, 6.07) is 5.89. The summed E-state index contributed by atoms with van der Waals surface area (Å²) in [6.45, 7) is 8.62. The van der Waals surface area contributed by atoms with Crippen molar-refractivity contribution in [2.75, 3.05) is 33.4 Å². The molecular weight excluding hydrogens is 280 g/mol. The van der Waals surface area contributed by atoms with Crippen molar-refractivity contribution >= 4 is 5.91 Å². The van der Waals surface area contributed by atoms with E-state index >= 15 is 0 Å². The van der Waals surface area contributed by atoms with E-state index in [2.05, 4.69) is 25.2 Å². The van der Waals surface area contributed by atoms with Gasteiger partial charge >= 0.3 is 0 Å². The van der Waals surface area contributed by atoms with Gasteiger partial charge in [-0.2, -0.15) is 0 Å². The van der Waals surface area contributed by atoms with E-state index in [1.165, 1.54) is 5.56 Å². The molecule has 0 radical (unpaired) electrons. The fraction of sp³-hybridized carbons (Fsp3) is 0.588. The van der Waals surface area contributed by atoms with E-state index in [1.807, 2.05) is 24.0 Å². The second kappa shape index (κ2) is 7.61. The predicted octanol–water partition coefficient (Wildman–Crippen LogP) is 1.90. The van der Waals surface area contributed by atoms with Crippen molar-refractivity contribution < 1.29 is 14.3 Å². The Bertz CT molecular complexity index is 513. The summed E-state index contributed by atoms with van der Waals surface area (Å²) in [7, 11) is 1.67. The van der Waals surface area contributed by atoms with E-state index in [-0.39, 0.29) is 18.0 Å². The summed E-state index contributed by atoms with van der Waals surface area (Å²) in [5.74, 6) is 0.971. The molecule has 22 heavy (non-hydrogen) atoms. The number of carbonyl (C=O) groups is 1. The van der Waals surface area contributed by atoms with Crippen molar-refractivity contribution in [2.24, 2.45) is 0 Å². The minimum atomic E-state index is -0.238. The number of hydrogen-bond donors (Lipinski definition) is 1. The lowest BCUT2D eigenvalue weighted by Crippen LogP contribution is -2.49. The molecule has 1 fully saturated rings. The van der Waals surface area contributed by atoms with Gasteiger partial charge in [-0.1, -0.05) is 17.7 Å². The molecule has 1 saturated heterocycles. The number of carbonyl (C=O) groups excluding carboxylic acids is 1. The van der Waals surface area contributed by atoms with Crippen LogP contribution in [0.5, 0.6) is 5.75 Å². The smallest absolute Gasteiger partial charge is 0.239 e. The summed E-state index contributed by atoms with van der Waals surface area (Å²) < 4.78 is 10.7. The average molecular weight is 306 g/mol. The van der Waals surface area contributed by atoms with Crippen LogP contribution in [0.3, 0.4) is 0 Å². The van der Waals surface area contributed by atoms with Gasteiger partial charge in [0.1, 0.15) is 5.75 Å². The minimum Gasteiger partial charge on any atom is -0.496 e. The maximum Gasteiger partial charge on any atom is 0.239 e. The van der Waals surface area contributed by atoms with Gasteiger partial charge in [-0.05, 0) is 26.8 Å². The second-order valence-corrected chi connectivity index (χ2v) is 5.79. The third kappa shape index (κ3) is 3.99. The Labute approximate surface area is 132 Å².